The largest absolute Gasteiger partial charge is 0.357 e. The number of rotatable bonds is 7. The van der Waals surface area contributed by atoms with Gasteiger partial charge >= 0.3 is 0 Å². The molecule has 1 atom stereocenters. The summed E-state index contributed by atoms with van der Waals surface area (Å²) in [6.45, 7) is 7.63. The van der Waals surface area contributed by atoms with E-state index in [2.05, 4.69) is 31.8 Å². The van der Waals surface area contributed by atoms with E-state index in [0.29, 0.717) is 11.8 Å². The summed E-state index contributed by atoms with van der Waals surface area (Å²) in [7, 11) is -3.53. The number of nitrogens with zero attached hydrogens (tertiary/aromatic N) is 3. The molecule has 1 aliphatic heterocycles. The third-order valence-corrected chi connectivity index (χ3v) is 6.66. The molecule has 1 saturated heterocycles. The monoisotopic (exact) mass is 385 g/mol. The second kappa shape index (κ2) is 9.98. The first-order chi connectivity index (χ1) is 12.1. The van der Waals surface area contributed by atoms with E-state index >= 15 is 0 Å². The lowest BCUT2D eigenvalue weighted by atomic mass is 10.3. The Morgan fingerprint density at radius 2 is 2.32 bits per heavy atom. The number of aromatic nitrogens is 1. The summed E-state index contributed by atoms with van der Waals surface area (Å²) < 4.78 is 26.9. The number of guanidine groups is 1. The van der Waals surface area contributed by atoms with Gasteiger partial charge in [-0.25, -0.2) is 13.1 Å². The number of pyridine rings is 1. The summed E-state index contributed by atoms with van der Waals surface area (Å²) in [6.07, 6.45) is 4.03. The van der Waals surface area contributed by atoms with Gasteiger partial charge in [0.1, 0.15) is 4.90 Å². The molecule has 0 aromatic carbocycles. The zero-order chi connectivity index (χ0) is 18.1. The van der Waals surface area contributed by atoms with Crippen LogP contribution in [0.25, 0.3) is 0 Å². The minimum absolute atomic E-state index is 0.171. The van der Waals surface area contributed by atoms with Crippen molar-refractivity contribution in [3.8, 4) is 0 Å². The molecule has 1 aliphatic rings. The van der Waals surface area contributed by atoms with Crippen LogP contribution in [0.15, 0.2) is 34.4 Å². The highest BCUT2D eigenvalue weighted by molar-refractivity contribution is 8.00. The topological polar surface area (TPSA) is 86.7 Å². The molecule has 0 aliphatic carbocycles. The molecule has 9 heteroatoms. The van der Waals surface area contributed by atoms with Crippen molar-refractivity contribution in [2.45, 2.75) is 30.4 Å². The lowest BCUT2D eigenvalue weighted by molar-refractivity contribution is 0.408. The van der Waals surface area contributed by atoms with Crippen LogP contribution in [-0.2, 0) is 10.0 Å². The molecule has 1 fully saturated rings. The molecule has 2 N–H and O–H groups in total. The van der Waals surface area contributed by atoms with Crippen LogP contribution in [0.5, 0.6) is 0 Å². The minimum Gasteiger partial charge on any atom is -0.357 e. The summed E-state index contributed by atoms with van der Waals surface area (Å²) >= 11 is 2.01. The molecule has 0 amide bonds. The highest BCUT2D eigenvalue weighted by atomic mass is 32.2. The van der Waals surface area contributed by atoms with Crippen molar-refractivity contribution < 1.29 is 8.42 Å². The van der Waals surface area contributed by atoms with Gasteiger partial charge in [-0.1, -0.05) is 6.92 Å². The number of sulfonamides is 1. The van der Waals surface area contributed by atoms with Gasteiger partial charge in [0, 0.05) is 49.6 Å². The van der Waals surface area contributed by atoms with Gasteiger partial charge in [0.2, 0.25) is 10.0 Å². The van der Waals surface area contributed by atoms with Gasteiger partial charge in [0.05, 0.1) is 6.54 Å². The summed E-state index contributed by atoms with van der Waals surface area (Å²) in [5.41, 5.74) is 0. The van der Waals surface area contributed by atoms with Gasteiger partial charge < -0.3 is 10.2 Å². The molecule has 0 bridgehead atoms. The number of nitrogens with one attached hydrogen (secondary N) is 2. The number of hydrogen-bond acceptors (Lipinski definition) is 5. The van der Waals surface area contributed by atoms with Crippen molar-refractivity contribution in [3.05, 3.63) is 24.5 Å². The van der Waals surface area contributed by atoms with Crippen molar-refractivity contribution in [2.75, 3.05) is 38.5 Å². The number of thioether (sulfide) groups is 1. The normalized spacial score (nSPS) is 19.0. The zero-order valence-corrected chi connectivity index (χ0v) is 16.4. The molecule has 0 spiro atoms. The van der Waals surface area contributed by atoms with Gasteiger partial charge in [-0.2, -0.15) is 11.8 Å². The highest BCUT2D eigenvalue weighted by Crippen LogP contribution is 2.21. The van der Waals surface area contributed by atoms with Crippen molar-refractivity contribution in [1.29, 1.82) is 0 Å². The Morgan fingerprint density at radius 1 is 1.48 bits per heavy atom. The van der Waals surface area contributed by atoms with Gasteiger partial charge in [0.15, 0.2) is 5.96 Å². The first-order valence-electron chi connectivity index (χ1n) is 8.61. The first-order valence-corrected chi connectivity index (χ1v) is 11.1. The van der Waals surface area contributed by atoms with E-state index < -0.39 is 10.0 Å². The highest BCUT2D eigenvalue weighted by Gasteiger charge is 2.21. The summed E-state index contributed by atoms with van der Waals surface area (Å²) in [5, 5.41) is 3.93. The average Bonchev–Trinajstić information content (AvgIpc) is 2.65. The van der Waals surface area contributed by atoms with E-state index in [1.807, 2.05) is 18.7 Å². The molecule has 1 aromatic heterocycles. The maximum absolute atomic E-state index is 12.2. The summed E-state index contributed by atoms with van der Waals surface area (Å²) in [5.74, 6) is 1.96. The van der Waals surface area contributed by atoms with Crippen molar-refractivity contribution in [1.82, 2.24) is 19.9 Å². The number of hydrogen-bond donors (Lipinski definition) is 2. The average molecular weight is 386 g/mol. The molecule has 1 unspecified atom stereocenters. The molecule has 0 radical (unpaired) electrons. The lowest BCUT2D eigenvalue weighted by Gasteiger charge is -2.34. The van der Waals surface area contributed by atoms with Gasteiger partial charge in [-0.05, 0) is 25.5 Å². The molecule has 2 rings (SSSR count). The molecule has 25 heavy (non-hydrogen) atoms. The fraction of sp³-hybridized carbons (Fsp3) is 0.625. The van der Waals surface area contributed by atoms with Gasteiger partial charge in [-0.3, -0.25) is 9.98 Å². The summed E-state index contributed by atoms with van der Waals surface area (Å²) in [4.78, 5) is 10.9. The maximum atomic E-state index is 12.2. The standard InChI is InChI=1S/C16H27N5O2S2/c1-3-14-13-21(10-11-24-14)16(18-4-2)19-8-9-20-25(22,23)15-6-5-7-17-12-15/h5-7,12,14,20H,3-4,8-11,13H2,1-2H3,(H,18,19). The second-order valence-corrected chi connectivity index (χ2v) is 8.84. The van der Waals surface area contributed by atoms with Crippen molar-refractivity contribution in [2.24, 2.45) is 4.99 Å². The quantitative estimate of drug-likeness (QED) is 0.416. The minimum atomic E-state index is -3.53. The molecule has 1 aromatic rings. The Balaban J connectivity index is 1.91. The smallest absolute Gasteiger partial charge is 0.242 e. The molecule has 7 nitrogen and oxygen atoms in total. The molecule has 140 valence electrons. The molecule has 0 saturated carbocycles. The Morgan fingerprint density at radius 3 is 3.00 bits per heavy atom. The van der Waals surface area contributed by atoms with Crippen molar-refractivity contribution >= 4 is 27.7 Å². The van der Waals surface area contributed by atoms with Gasteiger partial charge in [-0.15, -0.1) is 0 Å². The third kappa shape index (κ3) is 6.16. The van der Waals surface area contributed by atoms with Crippen LogP contribution in [0.4, 0.5) is 0 Å². The number of aliphatic imine (C=N–C) groups is 1. The third-order valence-electron chi connectivity index (χ3n) is 3.84. The predicted molar refractivity (Wildman–Crippen MR) is 104 cm³/mol. The first kappa shape index (κ1) is 20.0. The maximum Gasteiger partial charge on any atom is 0.242 e. The van der Waals surface area contributed by atoms with Crippen molar-refractivity contribution in [3.63, 3.8) is 0 Å². The van der Waals surface area contributed by atoms with E-state index in [-0.39, 0.29) is 11.4 Å². The Labute approximate surface area is 154 Å². The van der Waals surface area contributed by atoms with E-state index in [4.69, 9.17) is 0 Å². The molecule has 2 heterocycles. The van der Waals surface area contributed by atoms with E-state index in [9.17, 15) is 8.42 Å². The van der Waals surface area contributed by atoms with Crippen LogP contribution in [-0.4, -0.2) is 68.0 Å². The Bertz CT molecular complexity index is 652. The molecular weight excluding hydrogens is 358 g/mol. The summed E-state index contributed by atoms with van der Waals surface area (Å²) in [6, 6.07) is 3.13. The lowest BCUT2D eigenvalue weighted by Crippen LogP contribution is -2.48. The SMILES string of the molecule is CCNC(=NCCNS(=O)(=O)c1cccnc1)N1CCSC(CC)C1. The Hall–Kier alpha value is -1.32. The fourth-order valence-electron chi connectivity index (χ4n) is 2.52. The zero-order valence-electron chi connectivity index (χ0n) is 14.8. The van der Waals surface area contributed by atoms with Gasteiger partial charge in [0.25, 0.3) is 0 Å². The van der Waals surface area contributed by atoms with E-state index in [1.54, 1.807) is 12.3 Å². The van der Waals surface area contributed by atoms with Crippen LogP contribution in [0, 0.1) is 0 Å². The van der Waals surface area contributed by atoms with E-state index in [1.165, 1.54) is 12.3 Å². The van der Waals surface area contributed by atoms with Crippen LogP contribution in [0.3, 0.4) is 0 Å². The predicted octanol–water partition coefficient (Wildman–Crippen LogP) is 1.15. The molecular formula is C16H27N5O2S2. The second-order valence-electron chi connectivity index (χ2n) is 5.67. The van der Waals surface area contributed by atoms with Crippen LogP contribution in [0.2, 0.25) is 0 Å². The van der Waals surface area contributed by atoms with Crippen LogP contribution < -0.4 is 10.0 Å². The van der Waals surface area contributed by atoms with E-state index in [0.717, 1.165) is 37.8 Å². The van der Waals surface area contributed by atoms with Crippen LogP contribution >= 0.6 is 11.8 Å². The Kier molecular flexibility index (Phi) is 7.98. The van der Waals surface area contributed by atoms with Crippen LogP contribution in [0.1, 0.15) is 20.3 Å². The fourth-order valence-corrected chi connectivity index (χ4v) is 4.68.